The maximum absolute atomic E-state index is 11.6. The molecule has 0 aliphatic carbocycles. The van der Waals surface area contributed by atoms with Crippen molar-refractivity contribution in [2.45, 2.75) is 11.8 Å². The van der Waals surface area contributed by atoms with E-state index in [1.807, 2.05) is 12.1 Å². The molecule has 0 aliphatic rings. The number of benzene rings is 1. The topological polar surface area (TPSA) is 35.5 Å². The third kappa shape index (κ3) is 3.22. The lowest BCUT2D eigenvalue weighted by Crippen LogP contribution is -2.11. The molecule has 0 saturated carbocycles. The molecule has 0 saturated heterocycles. The largest absolute Gasteiger partial charge is 0.496 e. The van der Waals surface area contributed by atoms with Crippen molar-refractivity contribution < 1.29 is 14.3 Å². The van der Waals surface area contributed by atoms with E-state index in [0.29, 0.717) is 12.4 Å². The summed E-state index contributed by atoms with van der Waals surface area (Å²) in [6.07, 6.45) is 0. The minimum Gasteiger partial charge on any atom is -0.496 e. The second kappa shape index (κ2) is 6.25. The van der Waals surface area contributed by atoms with Gasteiger partial charge in [-0.1, -0.05) is 31.9 Å². The number of halogens is 2. The van der Waals surface area contributed by atoms with Crippen molar-refractivity contribution in [1.29, 1.82) is 0 Å². The quantitative estimate of drug-likeness (QED) is 0.615. The summed E-state index contributed by atoms with van der Waals surface area (Å²) in [5.74, 6) is 0.331. The molecule has 16 heavy (non-hydrogen) atoms. The SMILES string of the molecule is CCOC(=O)C(Br)c1cc(Br)ccc1OC. The van der Waals surface area contributed by atoms with Gasteiger partial charge in [0.2, 0.25) is 0 Å². The monoisotopic (exact) mass is 350 g/mol. The summed E-state index contributed by atoms with van der Waals surface area (Å²) in [6.45, 7) is 2.13. The third-order valence-electron chi connectivity index (χ3n) is 1.96. The van der Waals surface area contributed by atoms with E-state index < -0.39 is 4.83 Å². The van der Waals surface area contributed by atoms with Crippen molar-refractivity contribution in [3.8, 4) is 5.75 Å². The van der Waals surface area contributed by atoms with Crippen molar-refractivity contribution in [2.24, 2.45) is 0 Å². The number of rotatable bonds is 4. The molecule has 0 amide bonds. The van der Waals surface area contributed by atoms with Crippen LogP contribution in [0.15, 0.2) is 22.7 Å². The lowest BCUT2D eigenvalue weighted by Gasteiger charge is -2.13. The first-order chi connectivity index (χ1) is 7.60. The normalized spacial score (nSPS) is 12.0. The van der Waals surface area contributed by atoms with Gasteiger partial charge in [-0.05, 0) is 25.1 Å². The van der Waals surface area contributed by atoms with E-state index in [9.17, 15) is 4.79 Å². The number of ether oxygens (including phenoxy) is 2. The number of carbonyl (C=O) groups excluding carboxylic acids is 1. The Morgan fingerprint density at radius 2 is 2.19 bits per heavy atom. The number of hydrogen-bond donors (Lipinski definition) is 0. The molecule has 88 valence electrons. The Morgan fingerprint density at radius 1 is 1.50 bits per heavy atom. The molecule has 0 N–H and O–H groups in total. The average Bonchev–Trinajstić information content (AvgIpc) is 2.28. The fourth-order valence-electron chi connectivity index (χ4n) is 1.25. The van der Waals surface area contributed by atoms with Crippen LogP contribution in [0.5, 0.6) is 5.75 Å². The maximum atomic E-state index is 11.6. The summed E-state index contributed by atoms with van der Waals surface area (Å²) in [7, 11) is 1.57. The van der Waals surface area contributed by atoms with E-state index in [4.69, 9.17) is 9.47 Å². The standard InChI is InChI=1S/C11H12Br2O3/c1-3-16-11(14)10(13)8-6-7(12)4-5-9(8)15-2/h4-6,10H,3H2,1-2H3. The third-order valence-corrected chi connectivity index (χ3v) is 3.32. The molecule has 5 heteroatoms. The van der Waals surface area contributed by atoms with Crippen LogP contribution in [-0.2, 0) is 9.53 Å². The second-order valence-corrected chi connectivity index (χ2v) is 4.83. The molecular formula is C11H12Br2O3. The summed E-state index contributed by atoms with van der Waals surface area (Å²) in [5.41, 5.74) is 0.746. The summed E-state index contributed by atoms with van der Waals surface area (Å²) >= 11 is 6.66. The van der Waals surface area contributed by atoms with Crippen molar-refractivity contribution in [2.75, 3.05) is 13.7 Å². The van der Waals surface area contributed by atoms with Crippen LogP contribution in [0.25, 0.3) is 0 Å². The number of esters is 1. The van der Waals surface area contributed by atoms with E-state index in [1.165, 1.54) is 0 Å². The van der Waals surface area contributed by atoms with E-state index in [1.54, 1.807) is 20.1 Å². The van der Waals surface area contributed by atoms with Crippen LogP contribution >= 0.6 is 31.9 Å². The van der Waals surface area contributed by atoms with Gasteiger partial charge in [-0.25, -0.2) is 0 Å². The molecule has 0 aromatic heterocycles. The highest BCUT2D eigenvalue weighted by Crippen LogP contribution is 2.34. The maximum Gasteiger partial charge on any atom is 0.324 e. The highest BCUT2D eigenvalue weighted by atomic mass is 79.9. The first-order valence-electron chi connectivity index (χ1n) is 4.74. The second-order valence-electron chi connectivity index (χ2n) is 3.00. The highest BCUT2D eigenvalue weighted by Gasteiger charge is 2.22. The van der Waals surface area contributed by atoms with Gasteiger partial charge in [0, 0.05) is 10.0 Å². The zero-order valence-corrected chi connectivity index (χ0v) is 12.2. The predicted octanol–water partition coefficient (Wildman–Crippen LogP) is 3.46. The van der Waals surface area contributed by atoms with Crippen LogP contribution < -0.4 is 4.74 Å². The van der Waals surface area contributed by atoms with E-state index in [2.05, 4.69) is 31.9 Å². The molecule has 1 aromatic rings. The molecule has 1 aromatic carbocycles. The van der Waals surface area contributed by atoms with Gasteiger partial charge in [-0.2, -0.15) is 0 Å². The van der Waals surface area contributed by atoms with Crippen LogP contribution in [-0.4, -0.2) is 19.7 Å². The Hall–Kier alpha value is -0.550. The average molecular weight is 352 g/mol. The Kier molecular flexibility index (Phi) is 5.28. The molecule has 1 unspecified atom stereocenters. The molecule has 0 spiro atoms. The van der Waals surface area contributed by atoms with Gasteiger partial charge in [-0.3, -0.25) is 4.79 Å². The smallest absolute Gasteiger partial charge is 0.324 e. The van der Waals surface area contributed by atoms with Crippen LogP contribution in [0, 0.1) is 0 Å². The fourth-order valence-corrected chi connectivity index (χ4v) is 2.11. The van der Waals surface area contributed by atoms with Crippen LogP contribution in [0.2, 0.25) is 0 Å². The molecule has 0 aliphatic heterocycles. The van der Waals surface area contributed by atoms with E-state index in [0.717, 1.165) is 10.0 Å². The number of hydrogen-bond acceptors (Lipinski definition) is 3. The van der Waals surface area contributed by atoms with Gasteiger partial charge in [0.15, 0.2) is 0 Å². The molecular weight excluding hydrogens is 340 g/mol. The highest BCUT2D eigenvalue weighted by molar-refractivity contribution is 9.10. The summed E-state index contributed by atoms with van der Waals surface area (Å²) in [4.78, 5) is 11.1. The summed E-state index contributed by atoms with van der Waals surface area (Å²) in [6, 6.07) is 5.48. The molecule has 0 bridgehead atoms. The lowest BCUT2D eigenvalue weighted by molar-refractivity contribution is -0.142. The molecule has 1 atom stereocenters. The Labute approximate surface area is 111 Å². The van der Waals surface area contributed by atoms with Crippen molar-refractivity contribution in [3.63, 3.8) is 0 Å². The molecule has 1 rings (SSSR count). The van der Waals surface area contributed by atoms with Crippen LogP contribution in [0.4, 0.5) is 0 Å². The van der Waals surface area contributed by atoms with Gasteiger partial charge >= 0.3 is 5.97 Å². The fraction of sp³-hybridized carbons (Fsp3) is 0.364. The van der Waals surface area contributed by atoms with Crippen LogP contribution in [0.3, 0.4) is 0 Å². The Morgan fingerprint density at radius 3 is 2.75 bits per heavy atom. The van der Waals surface area contributed by atoms with Gasteiger partial charge < -0.3 is 9.47 Å². The van der Waals surface area contributed by atoms with E-state index in [-0.39, 0.29) is 5.97 Å². The van der Waals surface area contributed by atoms with Gasteiger partial charge in [-0.15, -0.1) is 0 Å². The Balaban J connectivity index is 3.01. The number of alkyl halides is 1. The molecule has 0 radical (unpaired) electrons. The van der Waals surface area contributed by atoms with Gasteiger partial charge in [0.1, 0.15) is 10.6 Å². The van der Waals surface area contributed by atoms with Crippen molar-refractivity contribution in [3.05, 3.63) is 28.2 Å². The first kappa shape index (κ1) is 13.5. The van der Waals surface area contributed by atoms with Gasteiger partial charge in [0.05, 0.1) is 13.7 Å². The van der Waals surface area contributed by atoms with Crippen LogP contribution in [0.1, 0.15) is 17.3 Å². The van der Waals surface area contributed by atoms with Gasteiger partial charge in [0.25, 0.3) is 0 Å². The first-order valence-corrected chi connectivity index (χ1v) is 6.45. The molecule has 3 nitrogen and oxygen atoms in total. The van der Waals surface area contributed by atoms with Crippen molar-refractivity contribution >= 4 is 37.8 Å². The van der Waals surface area contributed by atoms with E-state index >= 15 is 0 Å². The summed E-state index contributed by atoms with van der Waals surface area (Å²) < 4.78 is 11.0. The minimum absolute atomic E-state index is 0.320. The zero-order valence-electron chi connectivity index (χ0n) is 9.00. The van der Waals surface area contributed by atoms with Crippen molar-refractivity contribution in [1.82, 2.24) is 0 Å². The summed E-state index contributed by atoms with van der Waals surface area (Å²) in [5, 5.41) is 0. The predicted molar refractivity (Wildman–Crippen MR) is 69.0 cm³/mol. The molecule has 0 heterocycles. The lowest BCUT2D eigenvalue weighted by atomic mass is 10.1. The number of carbonyl (C=O) groups is 1. The zero-order chi connectivity index (χ0) is 12.1. The molecule has 0 fully saturated rings. The Bertz CT molecular complexity index is 379. The minimum atomic E-state index is -0.514. The number of methoxy groups -OCH3 is 1.